The third kappa shape index (κ3) is 1.55. The Hall–Kier alpha value is -0.990. The third-order valence-corrected chi connectivity index (χ3v) is 2.85. The zero-order valence-electron chi connectivity index (χ0n) is 7.74. The molecule has 1 aromatic heterocycles. The van der Waals surface area contributed by atoms with Crippen LogP contribution >= 0.6 is 0 Å². The van der Waals surface area contributed by atoms with Gasteiger partial charge in [-0.25, -0.2) is 4.98 Å². The maximum Gasteiger partial charge on any atom is 0.203 e. The fourth-order valence-corrected chi connectivity index (χ4v) is 1.65. The van der Waals surface area contributed by atoms with Crippen molar-refractivity contribution >= 4 is 5.95 Å². The molecule has 1 heterocycles. The molecule has 70 valence electrons. The molecule has 3 heteroatoms. The van der Waals surface area contributed by atoms with Gasteiger partial charge in [0.2, 0.25) is 5.95 Å². The summed E-state index contributed by atoms with van der Waals surface area (Å²) in [6.45, 7) is 1.11. The van der Waals surface area contributed by atoms with Crippen molar-refractivity contribution < 1.29 is 0 Å². The van der Waals surface area contributed by atoms with E-state index in [2.05, 4.69) is 21.1 Å². The van der Waals surface area contributed by atoms with Crippen molar-refractivity contribution in [1.29, 1.82) is 0 Å². The Morgan fingerprint density at radius 2 is 2.23 bits per heavy atom. The summed E-state index contributed by atoms with van der Waals surface area (Å²) in [5.41, 5.74) is 0. The first-order valence-corrected chi connectivity index (χ1v) is 5.20. The molecule has 0 amide bonds. The molecular formula is C10H15N3. The van der Waals surface area contributed by atoms with Gasteiger partial charge in [0.05, 0.1) is 0 Å². The van der Waals surface area contributed by atoms with Gasteiger partial charge in [0.1, 0.15) is 0 Å². The van der Waals surface area contributed by atoms with Crippen molar-refractivity contribution in [3.63, 3.8) is 0 Å². The normalized spacial score (nSPS) is 21.8. The van der Waals surface area contributed by atoms with E-state index in [1.807, 2.05) is 6.20 Å². The maximum absolute atomic E-state index is 4.33. The van der Waals surface area contributed by atoms with E-state index in [1.165, 1.54) is 25.7 Å². The fraction of sp³-hybridized carbons (Fsp3) is 0.700. The van der Waals surface area contributed by atoms with Gasteiger partial charge in [-0.1, -0.05) is 0 Å². The second-order valence-corrected chi connectivity index (χ2v) is 4.21. The second-order valence-electron chi connectivity index (χ2n) is 4.21. The van der Waals surface area contributed by atoms with Crippen molar-refractivity contribution in [3.8, 4) is 0 Å². The Morgan fingerprint density at radius 3 is 2.92 bits per heavy atom. The van der Waals surface area contributed by atoms with E-state index in [0.717, 1.165) is 24.5 Å². The van der Waals surface area contributed by atoms with E-state index in [4.69, 9.17) is 0 Å². The van der Waals surface area contributed by atoms with E-state index in [-0.39, 0.29) is 0 Å². The number of hydrogen-bond donors (Lipinski definition) is 1. The lowest BCUT2D eigenvalue weighted by molar-refractivity contribution is 0.736. The van der Waals surface area contributed by atoms with Gasteiger partial charge < -0.3 is 9.88 Å². The van der Waals surface area contributed by atoms with Crippen LogP contribution in [-0.2, 0) is 0 Å². The predicted octanol–water partition coefficient (Wildman–Crippen LogP) is 2.04. The second kappa shape index (κ2) is 2.76. The highest BCUT2D eigenvalue weighted by atomic mass is 15.2. The zero-order chi connectivity index (χ0) is 8.67. The average Bonchev–Trinajstić information content (AvgIpc) is 3.03. The first-order chi connectivity index (χ1) is 6.43. The first-order valence-electron chi connectivity index (χ1n) is 5.20. The summed E-state index contributed by atoms with van der Waals surface area (Å²) in [7, 11) is 0. The number of aromatic nitrogens is 2. The van der Waals surface area contributed by atoms with Gasteiger partial charge in [0.25, 0.3) is 0 Å². The molecule has 0 spiro atoms. The van der Waals surface area contributed by atoms with Gasteiger partial charge in [0.15, 0.2) is 0 Å². The number of hydrogen-bond acceptors (Lipinski definition) is 2. The third-order valence-electron chi connectivity index (χ3n) is 2.85. The molecule has 1 N–H and O–H groups in total. The fourth-order valence-electron chi connectivity index (χ4n) is 1.65. The van der Waals surface area contributed by atoms with E-state index in [9.17, 15) is 0 Å². The summed E-state index contributed by atoms with van der Waals surface area (Å²) in [5.74, 6) is 2.00. The van der Waals surface area contributed by atoms with Crippen LogP contribution in [-0.4, -0.2) is 16.1 Å². The highest BCUT2D eigenvalue weighted by Gasteiger charge is 2.26. The Balaban J connectivity index is 1.67. The molecule has 1 aromatic rings. The van der Waals surface area contributed by atoms with Gasteiger partial charge in [-0.3, -0.25) is 0 Å². The molecule has 0 saturated heterocycles. The summed E-state index contributed by atoms with van der Waals surface area (Å²) in [4.78, 5) is 4.33. The van der Waals surface area contributed by atoms with Gasteiger partial charge in [0, 0.05) is 25.0 Å². The predicted molar refractivity (Wildman–Crippen MR) is 51.7 cm³/mol. The quantitative estimate of drug-likeness (QED) is 0.762. The average molecular weight is 177 g/mol. The molecule has 0 bridgehead atoms. The van der Waals surface area contributed by atoms with Gasteiger partial charge in [-0.05, 0) is 31.6 Å². The highest BCUT2D eigenvalue weighted by molar-refractivity contribution is 5.28. The van der Waals surface area contributed by atoms with Crippen LogP contribution in [0.3, 0.4) is 0 Å². The summed E-state index contributed by atoms with van der Waals surface area (Å²) < 4.78 is 2.28. The van der Waals surface area contributed by atoms with Crippen LogP contribution in [0.4, 0.5) is 5.95 Å². The van der Waals surface area contributed by atoms with E-state index >= 15 is 0 Å². The molecule has 2 aliphatic carbocycles. The topological polar surface area (TPSA) is 29.9 Å². The molecule has 0 unspecified atom stereocenters. The van der Waals surface area contributed by atoms with Crippen molar-refractivity contribution in [2.24, 2.45) is 5.92 Å². The Kier molecular flexibility index (Phi) is 1.57. The molecule has 13 heavy (non-hydrogen) atoms. The highest BCUT2D eigenvalue weighted by Crippen LogP contribution is 2.37. The summed E-state index contributed by atoms with van der Waals surface area (Å²) in [6.07, 6.45) is 9.44. The number of nitrogens with zero attached hydrogens (tertiary/aromatic N) is 2. The van der Waals surface area contributed by atoms with E-state index in [0.29, 0.717) is 0 Å². The zero-order valence-corrected chi connectivity index (χ0v) is 7.74. The van der Waals surface area contributed by atoms with Crippen LogP contribution in [0.25, 0.3) is 0 Å². The number of imidazole rings is 1. The van der Waals surface area contributed by atoms with Crippen LogP contribution in [0.1, 0.15) is 31.7 Å². The summed E-state index contributed by atoms with van der Waals surface area (Å²) >= 11 is 0. The van der Waals surface area contributed by atoms with Gasteiger partial charge >= 0.3 is 0 Å². The SMILES string of the molecule is c1cn(C2CC2)c(NCC2CC2)n1. The minimum absolute atomic E-state index is 0.740. The van der Waals surface area contributed by atoms with Crippen LogP contribution < -0.4 is 5.32 Å². The molecule has 2 saturated carbocycles. The lowest BCUT2D eigenvalue weighted by Crippen LogP contribution is -2.08. The molecule has 3 rings (SSSR count). The maximum atomic E-state index is 4.33. The molecule has 2 aliphatic rings. The van der Waals surface area contributed by atoms with Crippen LogP contribution in [0.2, 0.25) is 0 Å². The molecule has 2 fully saturated rings. The van der Waals surface area contributed by atoms with Crippen molar-refractivity contribution in [3.05, 3.63) is 12.4 Å². The van der Waals surface area contributed by atoms with Gasteiger partial charge in [-0.2, -0.15) is 0 Å². The minimum atomic E-state index is 0.740. The molecule has 0 aromatic carbocycles. The standard InChI is InChI=1S/C10H15N3/c1-2-8(1)7-12-10-11-5-6-13(10)9-3-4-9/h5-6,8-9H,1-4,7H2,(H,11,12). The monoisotopic (exact) mass is 177 g/mol. The molecule has 0 atom stereocenters. The smallest absolute Gasteiger partial charge is 0.203 e. The van der Waals surface area contributed by atoms with Crippen LogP contribution in [0.5, 0.6) is 0 Å². The van der Waals surface area contributed by atoms with Crippen molar-refractivity contribution in [2.45, 2.75) is 31.7 Å². The van der Waals surface area contributed by atoms with Crippen LogP contribution in [0.15, 0.2) is 12.4 Å². The van der Waals surface area contributed by atoms with Crippen LogP contribution in [0, 0.1) is 5.92 Å². The molecule has 0 aliphatic heterocycles. The van der Waals surface area contributed by atoms with Gasteiger partial charge in [-0.15, -0.1) is 0 Å². The largest absolute Gasteiger partial charge is 0.355 e. The Labute approximate surface area is 78.2 Å². The molecule has 0 radical (unpaired) electrons. The molecule has 3 nitrogen and oxygen atoms in total. The van der Waals surface area contributed by atoms with Crippen molar-refractivity contribution in [2.75, 3.05) is 11.9 Å². The Bertz CT molecular complexity index is 297. The van der Waals surface area contributed by atoms with Crippen molar-refractivity contribution in [1.82, 2.24) is 9.55 Å². The lowest BCUT2D eigenvalue weighted by Gasteiger charge is -2.07. The first kappa shape index (κ1) is 7.42. The molecular weight excluding hydrogens is 162 g/mol. The number of rotatable bonds is 4. The van der Waals surface area contributed by atoms with E-state index < -0.39 is 0 Å². The van der Waals surface area contributed by atoms with E-state index in [1.54, 1.807) is 0 Å². The summed E-state index contributed by atoms with van der Waals surface area (Å²) in [6, 6.07) is 0.740. The summed E-state index contributed by atoms with van der Waals surface area (Å²) in [5, 5.41) is 3.43. The number of nitrogens with one attached hydrogen (secondary N) is 1. The number of anilines is 1. The lowest BCUT2D eigenvalue weighted by atomic mass is 10.4. The Morgan fingerprint density at radius 1 is 1.38 bits per heavy atom. The minimum Gasteiger partial charge on any atom is -0.355 e.